The van der Waals surface area contributed by atoms with Crippen LogP contribution in [-0.4, -0.2) is 11.5 Å². The smallest absolute Gasteiger partial charge is 0.0683 e. The topological polar surface area (TPSA) is 48.7 Å². The van der Waals surface area contributed by atoms with Crippen LogP contribution in [0.4, 0.5) is 0 Å². The molecule has 0 aromatic carbocycles. The van der Waals surface area contributed by atoms with Crippen LogP contribution in [0.3, 0.4) is 0 Å². The monoisotopic (exact) mass is 231 g/mol. The molecule has 0 aliphatic heterocycles. The Bertz CT molecular complexity index is 365. The van der Waals surface area contributed by atoms with Gasteiger partial charge in [0.1, 0.15) is 0 Å². The highest BCUT2D eigenvalue weighted by molar-refractivity contribution is 5.13. The minimum absolute atomic E-state index is 0.207. The SMILES string of the molecule is CC(NCCCC(C)(C)C#N)c1ccncc1. The molecule has 92 valence electrons. The van der Waals surface area contributed by atoms with E-state index in [2.05, 4.69) is 23.3 Å². The van der Waals surface area contributed by atoms with Crippen molar-refractivity contribution >= 4 is 0 Å². The van der Waals surface area contributed by atoms with Crippen molar-refractivity contribution in [1.29, 1.82) is 5.26 Å². The van der Waals surface area contributed by atoms with Crippen molar-refractivity contribution in [2.75, 3.05) is 6.54 Å². The van der Waals surface area contributed by atoms with Crippen molar-refractivity contribution in [1.82, 2.24) is 10.3 Å². The number of rotatable bonds is 6. The Morgan fingerprint density at radius 1 is 1.41 bits per heavy atom. The van der Waals surface area contributed by atoms with Crippen LogP contribution in [0.25, 0.3) is 0 Å². The molecule has 3 nitrogen and oxygen atoms in total. The molecule has 1 unspecified atom stereocenters. The molecule has 1 aromatic heterocycles. The van der Waals surface area contributed by atoms with Gasteiger partial charge < -0.3 is 5.32 Å². The summed E-state index contributed by atoms with van der Waals surface area (Å²) < 4.78 is 0. The molecule has 17 heavy (non-hydrogen) atoms. The van der Waals surface area contributed by atoms with Crippen molar-refractivity contribution in [2.24, 2.45) is 5.41 Å². The summed E-state index contributed by atoms with van der Waals surface area (Å²) in [6.45, 7) is 7.05. The predicted octanol–water partition coefficient (Wildman–Crippen LogP) is 3.06. The molecule has 0 amide bonds. The molecule has 0 radical (unpaired) electrons. The zero-order valence-electron chi connectivity index (χ0n) is 10.9. The summed E-state index contributed by atoms with van der Waals surface area (Å²) in [5, 5.41) is 12.4. The molecule has 0 saturated carbocycles. The average molecular weight is 231 g/mol. The molecule has 3 heteroatoms. The van der Waals surface area contributed by atoms with Gasteiger partial charge in [-0.25, -0.2) is 0 Å². The summed E-state index contributed by atoms with van der Waals surface area (Å²) in [5.41, 5.74) is 1.04. The van der Waals surface area contributed by atoms with Gasteiger partial charge in [0.2, 0.25) is 0 Å². The lowest BCUT2D eigenvalue weighted by Crippen LogP contribution is -2.21. The first kappa shape index (κ1) is 13.7. The second kappa shape index (κ2) is 6.36. The second-order valence-electron chi connectivity index (χ2n) is 5.06. The van der Waals surface area contributed by atoms with E-state index >= 15 is 0 Å². The van der Waals surface area contributed by atoms with E-state index in [0.29, 0.717) is 6.04 Å². The Balaban J connectivity index is 2.26. The van der Waals surface area contributed by atoms with Crippen LogP contribution in [0.15, 0.2) is 24.5 Å². The zero-order chi connectivity index (χ0) is 12.7. The highest BCUT2D eigenvalue weighted by Crippen LogP contribution is 2.20. The summed E-state index contributed by atoms with van der Waals surface area (Å²) >= 11 is 0. The molecule has 0 spiro atoms. The number of hydrogen-bond donors (Lipinski definition) is 1. The molecule has 0 saturated heterocycles. The first-order chi connectivity index (χ1) is 8.05. The molecular formula is C14H21N3. The minimum Gasteiger partial charge on any atom is -0.310 e. The van der Waals surface area contributed by atoms with Gasteiger partial charge in [0, 0.05) is 18.4 Å². The lowest BCUT2D eigenvalue weighted by atomic mass is 9.90. The van der Waals surface area contributed by atoms with Gasteiger partial charge in [-0.15, -0.1) is 0 Å². The first-order valence-electron chi connectivity index (χ1n) is 6.10. The van der Waals surface area contributed by atoms with Crippen LogP contribution in [0.2, 0.25) is 0 Å². The molecule has 0 aliphatic rings. The van der Waals surface area contributed by atoms with Crippen molar-refractivity contribution < 1.29 is 0 Å². The lowest BCUT2D eigenvalue weighted by molar-refractivity contribution is 0.417. The van der Waals surface area contributed by atoms with E-state index in [1.807, 2.05) is 38.4 Å². The largest absolute Gasteiger partial charge is 0.310 e. The molecule has 1 aromatic rings. The van der Waals surface area contributed by atoms with Crippen LogP contribution >= 0.6 is 0 Å². The van der Waals surface area contributed by atoms with Crippen molar-refractivity contribution in [3.8, 4) is 6.07 Å². The van der Waals surface area contributed by atoms with Crippen LogP contribution in [-0.2, 0) is 0 Å². The first-order valence-corrected chi connectivity index (χ1v) is 6.10. The highest BCUT2D eigenvalue weighted by atomic mass is 14.9. The minimum atomic E-state index is -0.207. The fourth-order valence-corrected chi connectivity index (χ4v) is 1.67. The summed E-state index contributed by atoms with van der Waals surface area (Å²) in [6, 6.07) is 6.71. The van der Waals surface area contributed by atoms with E-state index in [4.69, 9.17) is 5.26 Å². The Hall–Kier alpha value is -1.40. The Morgan fingerprint density at radius 3 is 2.65 bits per heavy atom. The fourth-order valence-electron chi connectivity index (χ4n) is 1.67. The number of nitrogens with zero attached hydrogens (tertiary/aromatic N) is 2. The van der Waals surface area contributed by atoms with Crippen molar-refractivity contribution in [3.05, 3.63) is 30.1 Å². The van der Waals surface area contributed by atoms with Gasteiger partial charge in [0.25, 0.3) is 0 Å². The molecule has 1 heterocycles. The standard InChI is InChI=1S/C14H21N3/c1-12(13-5-9-16-10-6-13)17-8-4-7-14(2,3)11-15/h5-6,9-10,12,17H,4,7-8H2,1-3H3. The molecule has 0 bridgehead atoms. The molecule has 1 atom stereocenters. The number of hydrogen-bond acceptors (Lipinski definition) is 3. The lowest BCUT2D eigenvalue weighted by Gasteiger charge is -2.17. The number of aromatic nitrogens is 1. The van der Waals surface area contributed by atoms with Gasteiger partial charge in [-0.3, -0.25) is 4.98 Å². The highest BCUT2D eigenvalue weighted by Gasteiger charge is 2.15. The fraction of sp³-hybridized carbons (Fsp3) is 0.571. The average Bonchev–Trinajstić information content (AvgIpc) is 2.35. The van der Waals surface area contributed by atoms with E-state index in [0.717, 1.165) is 19.4 Å². The van der Waals surface area contributed by atoms with Crippen LogP contribution in [0, 0.1) is 16.7 Å². The number of nitrogens with one attached hydrogen (secondary N) is 1. The second-order valence-corrected chi connectivity index (χ2v) is 5.06. The Labute approximate surface area is 104 Å². The maximum atomic E-state index is 8.90. The van der Waals surface area contributed by atoms with E-state index in [9.17, 15) is 0 Å². The van der Waals surface area contributed by atoms with Gasteiger partial charge >= 0.3 is 0 Å². The number of nitriles is 1. The van der Waals surface area contributed by atoms with Crippen LogP contribution < -0.4 is 5.32 Å². The third-order valence-corrected chi connectivity index (χ3v) is 2.94. The maximum Gasteiger partial charge on any atom is 0.0683 e. The molecule has 1 rings (SSSR count). The summed E-state index contributed by atoms with van der Waals surface area (Å²) in [4.78, 5) is 4.00. The normalized spacial score (nSPS) is 13.1. The summed E-state index contributed by atoms with van der Waals surface area (Å²) in [7, 11) is 0. The van der Waals surface area contributed by atoms with Gasteiger partial charge in [0.05, 0.1) is 11.5 Å². The summed E-state index contributed by atoms with van der Waals surface area (Å²) in [5.74, 6) is 0. The van der Waals surface area contributed by atoms with E-state index in [1.165, 1.54) is 5.56 Å². The zero-order valence-corrected chi connectivity index (χ0v) is 10.9. The van der Waals surface area contributed by atoms with Crippen LogP contribution in [0.5, 0.6) is 0 Å². The summed E-state index contributed by atoms with van der Waals surface area (Å²) in [6.07, 6.45) is 5.58. The molecule has 0 aliphatic carbocycles. The van der Waals surface area contributed by atoms with E-state index < -0.39 is 0 Å². The Morgan fingerprint density at radius 2 is 2.06 bits per heavy atom. The quantitative estimate of drug-likeness (QED) is 0.765. The van der Waals surface area contributed by atoms with Gasteiger partial charge in [-0.1, -0.05) is 0 Å². The van der Waals surface area contributed by atoms with E-state index in [1.54, 1.807) is 0 Å². The third kappa shape index (κ3) is 4.97. The van der Waals surface area contributed by atoms with Gasteiger partial charge in [-0.2, -0.15) is 5.26 Å². The van der Waals surface area contributed by atoms with Crippen molar-refractivity contribution in [3.63, 3.8) is 0 Å². The van der Waals surface area contributed by atoms with E-state index in [-0.39, 0.29) is 5.41 Å². The predicted molar refractivity (Wildman–Crippen MR) is 69.3 cm³/mol. The maximum absolute atomic E-state index is 8.90. The number of pyridine rings is 1. The Kier molecular flexibility index (Phi) is 5.11. The molecular weight excluding hydrogens is 210 g/mol. The van der Waals surface area contributed by atoms with Crippen molar-refractivity contribution in [2.45, 2.75) is 39.7 Å². The van der Waals surface area contributed by atoms with Gasteiger partial charge in [0.15, 0.2) is 0 Å². The molecule has 1 N–H and O–H groups in total. The third-order valence-electron chi connectivity index (χ3n) is 2.94. The van der Waals surface area contributed by atoms with Gasteiger partial charge in [-0.05, 0) is 57.9 Å². The van der Waals surface area contributed by atoms with Crippen LogP contribution in [0.1, 0.15) is 45.2 Å². The molecule has 0 fully saturated rings.